The van der Waals surface area contributed by atoms with Crippen LogP contribution >= 0.6 is 11.3 Å². The molecule has 39 heavy (non-hydrogen) atoms. The van der Waals surface area contributed by atoms with Crippen LogP contribution in [-0.4, -0.2) is 74.0 Å². The number of rotatable bonds is 10. The topological polar surface area (TPSA) is 143 Å². The van der Waals surface area contributed by atoms with Gasteiger partial charge in [-0.25, -0.2) is 9.59 Å². The number of hydrogen-bond donors (Lipinski definition) is 0. The summed E-state index contributed by atoms with van der Waals surface area (Å²) in [7, 11) is 1.99. The number of piperazine rings is 1. The number of likely N-dealkylation sites (N-methyl/N-ethyl adjacent to an activating group) is 1. The maximum Gasteiger partial charge on any atom is 0.348 e. The fourth-order valence-corrected chi connectivity index (χ4v) is 5.42. The minimum atomic E-state index is -0.679. The van der Waals surface area contributed by atoms with Crippen molar-refractivity contribution in [2.24, 2.45) is 0 Å². The highest BCUT2D eigenvalue weighted by Crippen LogP contribution is 2.33. The minimum absolute atomic E-state index is 0.0997. The number of allylic oxidation sites excluding steroid dienone is 1. The molecule has 1 aromatic carbocycles. The van der Waals surface area contributed by atoms with E-state index in [1.54, 1.807) is 32.9 Å². The zero-order valence-corrected chi connectivity index (χ0v) is 23.1. The maximum absolute atomic E-state index is 13.2. The van der Waals surface area contributed by atoms with Crippen LogP contribution in [-0.2, 0) is 20.7 Å². The van der Waals surface area contributed by atoms with Crippen LogP contribution in [0.2, 0.25) is 0 Å². The van der Waals surface area contributed by atoms with Gasteiger partial charge in [0.25, 0.3) is 5.69 Å². The summed E-state index contributed by atoms with van der Waals surface area (Å²) in [5, 5.41) is 21.6. The molecule has 1 aliphatic rings. The summed E-state index contributed by atoms with van der Waals surface area (Å²) >= 11 is 0.944. The first-order valence-electron chi connectivity index (χ1n) is 12.4. The Balaban J connectivity index is 1.93. The Hall–Kier alpha value is -4.08. The second-order valence-corrected chi connectivity index (χ2v) is 9.97. The Kier molecular flexibility index (Phi) is 9.92. The van der Waals surface area contributed by atoms with E-state index in [1.165, 1.54) is 12.1 Å². The second kappa shape index (κ2) is 13.1. The highest BCUT2D eigenvalue weighted by Gasteiger charge is 2.28. The average Bonchev–Trinajstić information content (AvgIpc) is 3.23. The number of benzene rings is 1. The fourth-order valence-electron chi connectivity index (χ4n) is 4.23. The highest BCUT2D eigenvalue weighted by atomic mass is 32.1. The molecule has 12 heteroatoms. The summed E-state index contributed by atoms with van der Waals surface area (Å²) in [6.45, 7) is 7.95. The largest absolute Gasteiger partial charge is 0.462 e. The quantitative estimate of drug-likeness (QED) is 0.140. The lowest BCUT2D eigenvalue weighted by atomic mass is 10.0. The molecule has 0 atom stereocenters. The summed E-state index contributed by atoms with van der Waals surface area (Å²) < 4.78 is 10.2. The summed E-state index contributed by atoms with van der Waals surface area (Å²) in [4.78, 5) is 54.1. The average molecular weight is 555 g/mol. The number of carbonyl (C=O) groups excluding carboxylic acids is 3. The molecule has 206 valence electrons. The molecule has 2 heterocycles. The van der Waals surface area contributed by atoms with Crippen molar-refractivity contribution in [3.63, 3.8) is 0 Å². The molecular weight excluding hydrogens is 524 g/mol. The number of Topliss-reactive ketones (excluding diaryl/α,β-unsaturated/α-hetero) is 1. The van der Waals surface area contributed by atoms with E-state index in [2.05, 4.69) is 4.90 Å². The van der Waals surface area contributed by atoms with Gasteiger partial charge < -0.3 is 19.3 Å². The molecule has 1 saturated heterocycles. The van der Waals surface area contributed by atoms with Gasteiger partial charge >= 0.3 is 11.9 Å². The lowest BCUT2D eigenvalue weighted by Crippen LogP contribution is -2.44. The maximum atomic E-state index is 13.2. The van der Waals surface area contributed by atoms with Crippen molar-refractivity contribution < 1.29 is 28.8 Å². The second-order valence-electron chi connectivity index (χ2n) is 8.86. The zero-order chi connectivity index (χ0) is 28.7. The van der Waals surface area contributed by atoms with Gasteiger partial charge in [0.2, 0.25) is 0 Å². The van der Waals surface area contributed by atoms with Crippen LogP contribution in [0.3, 0.4) is 0 Å². The molecule has 1 aliphatic heterocycles. The third-order valence-electron chi connectivity index (χ3n) is 6.25. The van der Waals surface area contributed by atoms with E-state index in [0.29, 0.717) is 29.9 Å². The molecule has 11 nitrogen and oxygen atoms in total. The molecule has 0 radical (unpaired) electrons. The van der Waals surface area contributed by atoms with Crippen molar-refractivity contribution >= 4 is 46.5 Å². The molecule has 0 unspecified atom stereocenters. The van der Waals surface area contributed by atoms with E-state index in [0.717, 1.165) is 24.4 Å². The van der Waals surface area contributed by atoms with Gasteiger partial charge in [-0.05, 0) is 51.1 Å². The fraction of sp³-hybridized carbons (Fsp3) is 0.407. The summed E-state index contributed by atoms with van der Waals surface area (Å²) in [5.41, 5.74) is 0.894. The lowest BCUT2D eigenvalue weighted by molar-refractivity contribution is -0.384. The Bertz CT molecular complexity index is 1350. The van der Waals surface area contributed by atoms with Crippen LogP contribution in [0.15, 0.2) is 23.8 Å². The van der Waals surface area contributed by atoms with Gasteiger partial charge in [-0.2, -0.15) is 5.26 Å². The zero-order valence-electron chi connectivity index (χ0n) is 22.3. The van der Waals surface area contributed by atoms with Crippen LogP contribution in [0.1, 0.15) is 49.9 Å². The van der Waals surface area contributed by atoms with E-state index in [-0.39, 0.29) is 46.2 Å². The van der Waals surface area contributed by atoms with Gasteiger partial charge in [-0.1, -0.05) is 6.07 Å². The van der Waals surface area contributed by atoms with Gasteiger partial charge in [0, 0.05) is 43.5 Å². The predicted molar refractivity (Wildman–Crippen MR) is 146 cm³/mol. The molecule has 1 aromatic heterocycles. The molecule has 0 spiro atoms. The van der Waals surface area contributed by atoms with Crippen molar-refractivity contribution in [2.45, 2.75) is 27.2 Å². The van der Waals surface area contributed by atoms with Gasteiger partial charge in [-0.3, -0.25) is 14.9 Å². The molecular formula is C27H30N4O7S. The molecule has 0 amide bonds. The Morgan fingerprint density at radius 2 is 1.77 bits per heavy atom. The number of anilines is 1. The van der Waals surface area contributed by atoms with Crippen LogP contribution in [0.4, 0.5) is 11.4 Å². The summed E-state index contributed by atoms with van der Waals surface area (Å²) in [6.07, 6.45) is 0.958. The van der Waals surface area contributed by atoms with Crippen molar-refractivity contribution in [2.75, 3.05) is 51.3 Å². The number of nitro groups is 1. The van der Waals surface area contributed by atoms with Gasteiger partial charge in [0.05, 0.1) is 29.3 Å². The number of nitrogens with zero attached hydrogens (tertiary/aromatic N) is 4. The predicted octanol–water partition coefficient (Wildman–Crippen LogP) is 3.79. The molecule has 0 N–H and O–H groups in total. The van der Waals surface area contributed by atoms with E-state index in [4.69, 9.17) is 9.47 Å². The molecule has 3 rings (SSSR count). The van der Waals surface area contributed by atoms with Crippen LogP contribution < -0.4 is 4.90 Å². The number of carbonyl (C=O) groups is 3. The first-order valence-corrected chi connectivity index (χ1v) is 13.3. The number of ketones is 1. The Morgan fingerprint density at radius 1 is 1.13 bits per heavy atom. The first-order chi connectivity index (χ1) is 18.6. The molecule has 0 aliphatic carbocycles. The van der Waals surface area contributed by atoms with E-state index < -0.39 is 22.6 Å². The van der Waals surface area contributed by atoms with Crippen molar-refractivity contribution in [3.8, 4) is 6.07 Å². The van der Waals surface area contributed by atoms with Gasteiger partial charge in [0.15, 0.2) is 5.78 Å². The Labute approximate surface area is 230 Å². The van der Waals surface area contributed by atoms with Crippen LogP contribution in [0.5, 0.6) is 0 Å². The number of ether oxygens (including phenoxy) is 2. The number of nitro benzene ring substituents is 1. The molecule has 0 bridgehead atoms. The molecule has 0 saturated carbocycles. The Morgan fingerprint density at radius 3 is 2.36 bits per heavy atom. The van der Waals surface area contributed by atoms with Crippen LogP contribution in [0, 0.1) is 28.4 Å². The number of esters is 2. The SMILES string of the molecule is CCOC(=O)c1sc(CC(=O)/C(C#N)=C\c2ccc(N3CCN(C)CC3)c([N+](=O)[O-])c2)c(C(=O)OCC)c1C. The van der Waals surface area contributed by atoms with Gasteiger partial charge in [-0.15, -0.1) is 11.3 Å². The van der Waals surface area contributed by atoms with Crippen molar-refractivity contribution in [1.29, 1.82) is 5.26 Å². The first kappa shape index (κ1) is 29.5. The standard InChI is InChI=1S/C27H30N4O7S/c1-5-37-26(33)24-17(3)25(27(34)38-6-2)39-23(24)15-22(32)19(16-28)13-18-7-8-20(21(14-18)31(35)36)30-11-9-29(4)10-12-30/h7-8,13-14H,5-6,9-12,15H2,1-4H3/b19-13-. The molecule has 2 aromatic rings. The van der Waals surface area contributed by atoms with Crippen LogP contribution in [0.25, 0.3) is 6.08 Å². The summed E-state index contributed by atoms with van der Waals surface area (Å²) in [5.74, 6) is -1.90. The minimum Gasteiger partial charge on any atom is -0.462 e. The number of thiophene rings is 1. The number of hydrogen-bond acceptors (Lipinski definition) is 11. The normalized spacial score (nSPS) is 14.0. The third-order valence-corrected chi connectivity index (χ3v) is 7.53. The highest BCUT2D eigenvalue weighted by molar-refractivity contribution is 7.14. The summed E-state index contributed by atoms with van der Waals surface area (Å²) in [6, 6.07) is 6.46. The third kappa shape index (κ3) is 6.87. The lowest BCUT2D eigenvalue weighted by Gasteiger charge is -2.33. The van der Waals surface area contributed by atoms with Gasteiger partial charge in [0.1, 0.15) is 16.6 Å². The monoisotopic (exact) mass is 554 g/mol. The van der Waals surface area contributed by atoms with E-state index >= 15 is 0 Å². The number of nitriles is 1. The van der Waals surface area contributed by atoms with Crippen molar-refractivity contribution in [3.05, 3.63) is 60.3 Å². The van der Waals surface area contributed by atoms with E-state index in [1.807, 2.05) is 18.0 Å². The van der Waals surface area contributed by atoms with E-state index in [9.17, 15) is 29.8 Å². The van der Waals surface area contributed by atoms with Crippen molar-refractivity contribution in [1.82, 2.24) is 4.90 Å². The molecule has 1 fully saturated rings. The smallest absolute Gasteiger partial charge is 0.348 e.